The van der Waals surface area contributed by atoms with Gasteiger partial charge in [0.1, 0.15) is 29.8 Å². The van der Waals surface area contributed by atoms with Gasteiger partial charge in [0.2, 0.25) is 0 Å². The second kappa shape index (κ2) is 11.2. The first-order valence-electron chi connectivity index (χ1n) is 11.8. The molecule has 0 aliphatic carbocycles. The number of ether oxygens (including phenoxy) is 2. The molecule has 6 atom stereocenters. The molecule has 0 amide bonds. The molecule has 1 saturated heterocycles. The summed E-state index contributed by atoms with van der Waals surface area (Å²) in [7, 11) is -4.29. The van der Waals surface area contributed by atoms with E-state index in [1.807, 2.05) is 0 Å². The fraction of sp³-hybridized carbons (Fsp3) is 0.478. The molecule has 0 bridgehead atoms. The number of aromatic nitrogens is 4. The Balaban J connectivity index is 1.55. The van der Waals surface area contributed by atoms with Crippen molar-refractivity contribution in [3.63, 3.8) is 0 Å². The Bertz CT molecular complexity index is 1330. The molecule has 38 heavy (non-hydrogen) atoms. The van der Waals surface area contributed by atoms with Crippen LogP contribution in [0, 0.1) is 6.92 Å². The molecule has 2 unspecified atom stereocenters. The predicted octanol–water partition coefficient (Wildman–Crippen LogP) is 3.43. The van der Waals surface area contributed by atoms with Crippen molar-refractivity contribution in [1.82, 2.24) is 24.6 Å². The summed E-state index contributed by atoms with van der Waals surface area (Å²) in [5, 5.41) is 10.4. The number of aliphatic hydroxyl groups is 1. The molecule has 2 aromatic heterocycles. The molecule has 1 aromatic carbocycles. The zero-order valence-corrected chi connectivity index (χ0v) is 22.7. The van der Waals surface area contributed by atoms with E-state index in [4.69, 9.17) is 30.1 Å². The lowest BCUT2D eigenvalue weighted by Crippen LogP contribution is -2.40. The van der Waals surface area contributed by atoms with Crippen LogP contribution in [0.15, 0.2) is 42.7 Å². The number of nitrogens with one attached hydrogen (secondary N) is 1. The monoisotopic (exact) mass is 571 g/mol. The summed E-state index contributed by atoms with van der Waals surface area (Å²) in [6.45, 7) is 5.73. The Morgan fingerprint density at radius 2 is 1.97 bits per heavy atom. The van der Waals surface area contributed by atoms with Crippen molar-refractivity contribution in [3.8, 4) is 5.75 Å². The maximum atomic E-state index is 15.7. The van der Waals surface area contributed by atoms with Crippen molar-refractivity contribution < 1.29 is 37.4 Å². The number of nitrogens with zero attached hydrogens (tertiary/aromatic N) is 4. The number of para-hydroxylation sites is 1. The molecule has 4 rings (SSSR count). The molecule has 0 radical (unpaired) electrons. The molecule has 0 spiro atoms. The maximum Gasteiger partial charge on any atom is 0.459 e. The SMILES string of the molecule is Cc1nc2nccnc2n1[C@@H]1O[C@H](COP(=O)(NC(C)C(=O)OC(C)C)Oc2ccccc2)[C@@H](O)[C@]1(F)Cl. The van der Waals surface area contributed by atoms with Gasteiger partial charge in [-0.1, -0.05) is 29.8 Å². The number of halogens is 2. The van der Waals surface area contributed by atoms with Gasteiger partial charge >= 0.3 is 13.7 Å². The standard InChI is InChI=1S/C23H28ClFN5O7P/c1-13(2)35-21(32)14(3)29-38(33,37-16-8-6-5-7-9-16)34-12-17-18(31)23(24,25)22(36-17)30-15(4)28-19-20(30)27-11-10-26-19/h5-11,13-14,17-18,22,31H,12H2,1-4H3,(H,29,33)/t14?,17-,18-,22-,23-,38?/m1/s1. The number of fused-ring (bicyclic) bond motifs is 1. The van der Waals surface area contributed by atoms with Crippen molar-refractivity contribution in [2.45, 2.75) is 63.4 Å². The highest BCUT2D eigenvalue weighted by Gasteiger charge is 2.58. The van der Waals surface area contributed by atoms with Gasteiger partial charge in [-0.25, -0.2) is 23.9 Å². The van der Waals surface area contributed by atoms with Gasteiger partial charge in [0, 0.05) is 12.4 Å². The summed E-state index contributed by atoms with van der Waals surface area (Å²) in [5.74, 6) is -0.218. The number of carbonyl (C=O) groups is 1. The Morgan fingerprint density at radius 1 is 1.29 bits per heavy atom. The van der Waals surface area contributed by atoms with E-state index in [1.54, 1.807) is 39.0 Å². The van der Waals surface area contributed by atoms with Gasteiger partial charge in [-0.05, 0) is 39.8 Å². The molecule has 2 N–H and O–H groups in total. The molecule has 1 fully saturated rings. The van der Waals surface area contributed by atoms with Crippen LogP contribution in [0.2, 0.25) is 0 Å². The molecule has 1 aliphatic rings. The van der Waals surface area contributed by atoms with Crippen LogP contribution in [0.25, 0.3) is 11.3 Å². The molecular formula is C23H28ClFN5O7P. The summed E-state index contributed by atoms with van der Waals surface area (Å²) in [6.07, 6.45) is -2.43. The van der Waals surface area contributed by atoms with Crippen molar-refractivity contribution in [2.75, 3.05) is 6.61 Å². The lowest BCUT2D eigenvalue weighted by Gasteiger charge is -2.25. The number of aryl methyl sites for hydroxylation is 1. The van der Waals surface area contributed by atoms with Crippen LogP contribution in [0.4, 0.5) is 4.39 Å². The predicted molar refractivity (Wildman–Crippen MR) is 134 cm³/mol. The van der Waals surface area contributed by atoms with E-state index in [9.17, 15) is 14.5 Å². The molecule has 3 aromatic rings. The number of hydrogen-bond donors (Lipinski definition) is 2. The van der Waals surface area contributed by atoms with Gasteiger partial charge in [-0.2, -0.15) is 5.09 Å². The lowest BCUT2D eigenvalue weighted by atomic mass is 10.1. The van der Waals surface area contributed by atoms with E-state index >= 15 is 4.39 Å². The minimum Gasteiger partial charge on any atom is -0.462 e. The number of rotatable bonds is 10. The van der Waals surface area contributed by atoms with Crippen LogP contribution in [-0.4, -0.2) is 66.7 Å². The smallest absolute Gasteiger partial charge is 0.459 e. The number of carbonyl (C=O) groups excluding carboxylic acids is 1. The van der Waals surface area contributed by atoms with Crippen LogP contribution in [0.5, 0.6) is 5.75 Å². The number of aliphatic hydroxyl groups excluding tert-OH is 1. The third kappa shape index (κ3) is 5.98. The Labute approximate surface area is 223 Å². The molecule has 1 aliphatic heterocycles. The van der Waals surface area contributed by atoms with Gasteiger partial charge < -0.3 is 19.1 Å². The van der Waals surface area contributed by atoms with Gasteiger partial charge in [0.25, 0.3) is 5.13 Å². The topological polar surface area (TPSA) is 147 Å². The minimum absolute atomic E-state index is 0.176. The maximum absolute atomic E-state index is 15.7. The molecule has 12 nitrogen and oxygen atoms in total. The highest BCUT2D eigenvalue weighted by molar-refractivity contribution is 7.52. The fourth-order valence-corrected chi connectivity index (χ4v) is 5.60. The molecule has 206 valence electrons. The van der Waals surface area contributed by atoms with Crippen molar-refractivity contribution in [3.05, 3.63) is 48.5 Å². The summed E-state index contributed by atoms with van der Waals surface area (Å²) in [5.41, 5.74) is 0.436. The van der Waals surface area contributed by atoms with E-state index in [0.717, 1.165) is 0 Å². The number of imidazole rings is 1. The van der Waals surface area contributed by atoms with Gasteiger partial charge in [0.15, 0.2) is 17.5 Å². The second-order valence-corrected chi connectivity index (χ2v) is 11.2. The number of hydrogen-bond acceptors (Lipinski definition) is 10. The molecule has 3 heterocycles. The lowest BCUT2D eigenvalue weighted by molar-refractivity contribution is -0.149. The number of alkyl halides is 2. The van der Waals surface area contributed by atoms with Crippen LogP contribution >= 0.6 is 19.3 Å². The molecular weight excluding hydrogens is 544 g/mol. The molecule has 0 saturated carbocycles. The Hall–Kier alpha value is -2.67. The minimum atomic E-state index is -4.29. The van der Waals surface area contributed by atoms with Crippen LogP contribution in [0.1, 0.15) is 32.8 Å². The van der Waals surface area contributed by atoms with Gasteiger partial charge in [-0.3, -0.25) is 13.9 Å². The van der Waals surface area contributed by atoms with Crippen molar-refractivity contribution in [2.24, 2.45) is 0 Å². The summed E-state index contributed by atoms with van der Waals surface area (Å²) < 4.78 is 52.6. The third-order valence-corrected chi connectivity index (χ3v) is 7.61. The zero-order chi connectivity index (χ0) is 27.7. The fourth-order valence-electron chi connectivity index (χ4n) is 3.81. The average Bonchev–Trinajstić information content (AvgIpc) is 3.29. The highest BCUT2D eigenvalue weighted by Crippen LogP contribution is 2.49. The van der Waals surface area contributed by atoms with Crippen LogP contribution < -0.4 is 9.61 Å². The van der Waals surface area contributed by atoms with Gasteiger partial charge in [-0.15, -0.1) is 0 Å². The van der Waals surface area contributed by atoms with Crippen LogP contribution in [-0.2, 0) is 23.4 Å². The average molecular weight is 572 g/mol. The Morgan fingerprint density at radius 3 is 2.66 bits per heavy atom. The first kappa shape index (κ1) is 28.3. The molecule has 15 heteroatoms. The van der Waals surface area contributed by atoms with E-state index in [2.05, 4.69) is 20.0 Å². The highest BCUT2D eigenvalue weighted by atomic mass is 35.5. The second-order valence-electron chi connectivity index (χ2n) is 8.91. The Kier molecular flexibility index (Phi) is 8.36. The van der Waals surface area contributed by atoms with E-state index < -0.39 is 56.0 Å². The summed E-state index contributed by atoms with van der Waals surface area (Å²) in [4.78, 5) is 24.8. The van der Waals surface area contributed by atoms with E-state index in [-0.39, 0.29) is 17.0 Å². The van der Waals surface area contributed by atoms with Gasteiger partial charge in [0.05, 0.1) is 12.7 Å². The van der Waals surface area contributed by atoms with Crippen molar-refractivity contribution >= 4 is 36.6 Å². The van der Waals surface area contributed by atoms with E-state index in [1.165, 1.54) is 36.0 Å². The summed E-state index contributed by atoms with van der Waals surface area (Å²) in [6, 6.07) is 6.99. The largest absolute Gasteiger partial charge is 0.462 e. The number of benzene rings is 1. The van der Waals surface area contributed by atoms with Crippen LogP contribution in [0.3, 0.4) is 0 Å². The first-order valence-corrected chi connectivity index (χ1v) is 13.7. The quantitative estimate of drug-likeness (QED) is 0.209. The zero-order valence-electron chi connectivity index (χ0n) is 21.0. The first-order chi connectivity index (χ1) is 17.9. The summed E-state index contributed by atoms with van der Waals surface area (Å²) >= 11 is 6.13. The van der Waals surface area contributed by atoms with E-state index in [0.29, 0.717) is 5.82 Å². The third-order valence-electron chi connectivity index (χ3n) is 5.55. The van der Waals surface area contributed by atoms with Crippen molar-refractivity contribution in [1.29, 1.82) is 0 Å². The number of esters is 1. The normalized spacial score (nSPS) is 25.8.